The zero-order chi connectivity index (χ0) is 14.1. The van der Waals surface area contributed by atoms with Gasteiger partial charge in [-0.3, -0.25) is 4.99 Å². The van der Waals surface area contributed by atoms with Gasteiger partial charge < -0.3 is 11.1 Å². The molecule has 5 heteroatoms. The van der Waals surface area contributed by atoms with Crippen molar-refractivity contribution in [3.05, 3.63) is 35.6 Å². The van der Waals surface area contributed by atoms with Gasteiger partial charge in [0.15, 0.2) is 5.96 Å². The van der Waals surface area contributed by atoms with Gasteiger partial charge in [0.1, 0.15) is 5.82 Å². The maximum atomic E-state index is 13.3. The number of benzene rings is 1. The van der Waals surface area contributed by atoms with Crippen molar-refractivity contribution in [2.75, 3.05) is 18.8 Å². The molecule has 3 nitrogen and oxygen atoms in total. The van der Waals surface area contributed by atoms with E-state index in [1.165, 1.54) is 6.07 Å². The van der Waals surface area contributed by atoms with Crippen LogP contribution in [0.2, 0.25) is 0 Å². The Balaban J connectivity index is 2.15. The van der Waals surface area contributed by atoms with Gasteiger partial charge in [-0.1, -0.05) is 32.0 Å². The second kappa shape index (κ2) is 8.80. The largest absolute Gasteiger partial charge is 0.370 e. The number of guanidine groups is 1. The Hall–Kier alpha value is -1.23. The molecule has 106 valence electrons. The molecule has 0 aromatic heterocycles. The summed E-state index contributed by atoms with van der Waals surface area (Å²) in [6.07, 6.45) is 0. The summed E-state index contributed by atoms with van der Waals surface area (Å²) >= 11 is 1.67. The van der Waals surface area contributed by atoms with Gasteiger partial charge in [-0.2, -0.15) is 11.8 Å². The van der Waals surface area contributed by atoms with Crippen LogP contribution in [-0.2, 0) is 5.75 Å². The van der Waals surface area contributed by atoms with Gasteiger partial charge in [-0.05, 0) is 17.5 Å². The average Bonchev–Trinajstić information content (AvgIpc) is 2.38. The summed E-state index contributed by atoms with van der Waals surface area (Å²) in [5.41, 5.74) is 6.45. The minimum Gasteiger partial charge on any atom is -0.370 e. The van der Waals surface area contributed by atoms with Crippen molar-refractivity contribution in [1.29, 1.82) is 0 Å². The SMILES string of the molecule is CC(C)CN=C(N)NCCSCc1ccccc1F. The van der Waals surface area contributed by atoms with Gasteiger partial charge in [0.2, 0.25) is 0 Å². The molecule has 0 saturated carbocycles. The van der Waals surface area contributed by atoms with E-state index in [-0.39, 0.29) is 5.82 Å². The maximum absolute atomic E-state index is 13.3. The fourth-order valence-corrected chi connectivity index (χ4v) is 2.23. The number of hydrogen-bond donors (Lipinski definition) is 2. The van der Waals surface area contributed by atoms with Crippen LogP contribution in [0, 0.1) is 11.7 Å². The molecule has 0 aliphatic rings. The molecule has 0 spiro atoms. The van der Waals surface area contributed by atoms with Crippen LogP contribution in [0.3, 0.4) is 0 Å². The topological polar surface area (TPSA) is 50.4 Å². The summed E-state index contributed by atoms with van der Waals surface area (Å²) in [4.78, 5) is 4.21. The van der Waals surface area contributed by atoms with Crippen molar-refractivity contribution in [3.8, 4) is 0 Å². The third-order valence-corrected chi connectivity index (χ3v) is 3.40. The van der Waals surface area contributed by atoms with Crippen LogP contribution in [0.25, 0.3) is 0 Å². The lowest BCUT2D eigenvalue weighted by Gasteiger charge is -2.07. The lowest BCUT2D eigenvalue weighted by atomic mass is 10.2. The predicted octanol–water partition coefficient (Wildman–Crippen LogP) is 2.62. The number of aliphatic imine (C=N–C) groups is 1. The predicted molar refractivity (Wildman–Crippen MR) is 81.9 cm³/mol. The van der Waals surface area contributed by atoms with E-state index in [4.69, 9.17) is 5.73 Å². The Morgan fingerprint density at radius 2 is 2.16 bits per heavy atom. The summed E-state index contributed by atoms with van der Waals surface area (Å²) in [6, 6.07) is 6.86. The maximum Gasteiger partial charge on any atom is 0.188 e. The Labute approximate surface area is 118 Å². The Bertz CT molecular complexity index is 407. The van der Waals surface area contributed by atoms with E-state index in [0.29, 0.717) is 17.6 Å². The van der Waals surface area contributed by atoms with E-state index >= 15 is 0 Å². The zero-order valence-corrected chi connectivity index (χ0v) is 12.3. The molecule has 0 aliphatic carbocycles. The highest BCUT2D eigenvalue weighted by Gasteiger charge is 2.00. The lowest BCUT2D eigenvalue weighted by molar-refractivity contribution is 0.617. The van der Waals surface area contributed by atoms with Gasteiger partial charge >= 0.3 is 0 Å². The first-order chi connectivity index (χ1) is 9.09. The first-order valence-corrected chi connectivity index (χ1v) is 7.60. The van der Waals surface area contributed by atoms with Crippen molar-refractivity contribution in [2.45, 2.75) is 19.6 Å². The summed E-state index contributed by atoms with van der Waals surface area (Å²) in [6.45, 7) is 5.68. The van der Waals surface area contributed by atoms with Crippen LogP contribution >= 0.6 is 11.8 Å². The van der Waals surface area contributed by atoms with Crippen LogP contribution in [-0.4, -0.2) is 24.8 Å². The monoisotopic (exact) mass is 283 g/mol. The first-order valence-electron chi connectivity index (χ1n) is 6.44. The first kappa shape index (κ1) is 15.8. The highest BCUT2D eigenvalue weighted by atomic mass is 32.2. The van der Waals surface area contributed by atoms with Gasteiger partial charge in [0.25, 0.3) is 0 Å². The molecule has 1 rings (SSSR count). The number of rotatable bonds is 7. The van der Waals surface area contributed by atoms with Crippen molar-refractivity contribution in [1.82, 2.24) is 5.32 Å². The normalized spacial score (nSPS) is 11.9. The summed E-state index contributed by atoms with van der Waals surface area (Å²) in [5.74, 6) is 2.40. The van der Waals surface area contributed by atoms with Crippen LogP contribution < -0.4 is 11.1 Å². The number of halogens is 1. The molecule has 1 aromatic carbocycles. The zero-order valence-electron chi connectivity index (χ0n) is 11.5. The highest BCUT2D eigenvalue weighted by molar-refractivity contribution is 7.98. The molecule has 0 saturated heterocycles. The molecule has 19 heavy (non-hydrogen) atoms. The third-order valence-electron chi connectivity index (χ3n) is 2.39. The summed E-state index contributed by atoms with van der Waals surface area (Å²) < 4.78 is 13.3. The Morgan fingerprint density at radius 3 is 2.84 bits per heavy atom. The van der Waals surface area contributed by atoms with Gasteiger partial charge in [0, 0.05) is 24.6 Å². The molecule has 0 radical (unpaired) electrons. The van der Waals surface area contributed by atoms with Gasteiger partial charge in [0.05, 0.1) is 0 Å². The number of nitrogens with one attached hydrogen (secondary N) is 1. The quantitative estimate of drug-likeness (QED) is 0.459. The molecule has 0 aliphatic heterocycles. The third kappa shape index (κ3) is 7.06. The smallest absolute Gasteiger partial charge is 0.188 e. The van der Waals surface area contributed by atoms with Crippen molar-refractivity contribution < 1.29 is 4.39 Å². The molecular weight excluding hydrogens is 261 g/mol. The molecule has 0 atom stereocenters. The number of hydrogen-bond acceptors (Lipinski definition) is 2. The molecular formula is C14H22FN3S. The van der Waals surface area contributed by atoms with E-state index in [1.54, 1.807) is 17.8 Å². The number of nitrogens with two attached hydrogens (primary N) is 1. The number of thioether (sulfide) groups is 1. The molecule has 1 aromatic rings. The summed E-state index contributed by atoms with van der Waals surface area (Å²) in [7, 11) is 0. The van der Waals surface area contributed by atoms with Gasteiger partial charge in [-0.25, -0.2) is 4.39 Å². The van der Waals surface area contributed by atoms with Gasteiger partial charge in [-0.15, -0.1) is 0 Å². The second-order valence-corrected chi connectivity index (χ2v) is 5.80. The average molecular weight is 283 g/mol. The standard InChI is InChI=1S/C14H22FN3S/c1-11(2)9-18-14(16)17-7-8-19-10-12-5-3-4-6-13(12)15/h3-6,11H,7-10H2,1-2H3,(H3,16,17,18). The Morgan fingerprint density at radius 1 is 1.42 bits per heavy atom. The van der Waals surface area contributed by atoms with E-state index in [9.17, 15) is 4.39 Å². The van der Waals surface area contributed by atoms with Crippen LogP contribution in [0.15, 0.2) is 29.3 Å². The van der Waals surface area contributed by atoms with Crippen molar-refractivity contribution in [3.63, 3.8) is 0 Å². The van der Waals surface area contributed by atoms with Crippen LogP contribution in [0.4, 0.5) is 4.39 Å². The van der Waals surface area contributed by atoms with E-state index in [1.807, 2.05) is 12.1 Å². The molecule has 0 unspecified atom stereocenters. The molecule has 0 bridgehead atoms. The lowest BCUT2D eigenvalue weighted by Crippen LogP contribution is -2.33. The van der Waals surface area contributed by atoms with Crippen molar-refractivity contribution >= 4 is 17.7 Å². The van der Waals surface area contributed by atoms with E-state index in [0.717, 1.165) is 24.4 Å². The highest BCUT2D eigenvalue weighted by Crippen LogP contribution is 2.14. The van der Waals surface area contributed by atoms with Crippen molar-refractivity contribution in [2.24, 2.45) is 16.6 Å². The number of nitrogens with zero attached hydrogens (tertiary/aromatic N) is 1. The fourth-order valence-electron chi connectivity index (χ4n) is 1.39. The van der Waals surface area contributed by atoms with Crippen LogP contribution in [0.1, 0.15) is 19.4 Å². The second-order valence-electron chi connectivity index (χ2n) is 4.69. The molecule has 0 heterocycles. The van der Waals surface area contributed by atoms with Crippen LogP contribution in [0.5, 0.6) is 0 Å². The molecule has 0 amide bonds. The Kier molecular flexibility index (Phi) is 7.33. The molecule has 3 N–H and O–H groups in total. The minimum absolute atomic E-state index is 0.138. The fraction of sp³-hybridized carbons (Fsp3) is 0.500. The molecule has 0 fully saturated rings. The minimum atomic E-state index is -0.138. The van der Waals surface area contributed by atoms with E-state index in [2.05, 4.69) is 24.2 Å². The summed E-state index contributed by atoms with van der Waals surface area (Å²) in [5, 5.41) is 3.05. The van der Waals surface area contributed by atoms with E-state index < -0.39 is 0 Å².